The fourth-order valence-electron chi connectivity index (χ4n) is 1.59. The number of aliphatic carboxylic acids is 1. The molecule has 0 atom stereocenters. The lowest BCUT2D eigenvalue weighted by molar-refractivity contribution is -0.132. The minimum atomic E-state index is -1.34. The second-order valence-electron chi connectivity index (χ2n) is 4.31. The minimum absolute atomic E-state index is 0.253. The van der Waals surface area contributed by atoms with Gasteiger partial charge >= 0.3 is 5.97 Å². The lowest BCUT2D eigenvalue weighted by Crippen LogP contribution is -2.31. The van der Waals surface area contributed by atoms with E-state index in [1.807, 2.05) is 0 Å². The summed E-state index contributed by atoms with van der Waals surface area (Å²) in [5, 5.41) is 8.84. The molecule has 1 aromatic carbocycles. The second-order valence-corrected chi connectivity index (χ2v) is 4.31. The third-order valence-corrected chi connectivity index (χ3v) is 2.69. The molecule has 0 aliphatic carbocycles. The van der Waals surface area contributed by atoms with Crippen molar-refractivity contribution in [3.8, 4) is 17.6 Å². The molecular weight excluding hydrogens is 296 g/mol. The van der Waals surface area contributed by atoms with E-state index in [9.17, 15) is 4.79 Å². The molecule has 0 unspecified atom stereocenters. The fraction of sp³-hybridized carbons (Fsp3) is 0. The van der Waals surface area contributed by atoms with Crippen LogP contribution in [0.1, 0.15) is 11.1 Å². The molecule has 0 fully saturated rings. The van der Waals surface area contributed by atoms with Crippen LogP contribution < -0.4 is 21.7 Å². The highest BCUT2D eigenvalue weighted by Crippen LogP contribution is 2.15. The predicted molar refractivity (Wildman–Crippen MR) is 83.5 cm³/mol. The maximum atomic E-state index is 10.8. The molecule has 6 N–H and O–H groups in total. The number of hydrogen-bond donors (Lipinski definition) is 4. The number of aromatic nitrogens is 1. The zero-order chi connectivity index (χ0) is 16.7. The Hall–Kier alpha value is -3.50. The number of carboxylic acids is 1. The molecular formula is C16H14N4O3. The molecule has 2 aromatic rings. The van der Waals surface area contributed by atoms with E-state index in [-0.39, 0.29) is 5.88 Å². The molecule has 23 heavy (non-hydrogen) atoms. The van der Waals surface area contributed by atoms with Crippen LogP contribution in [0, 0.1) is 11.8 Å². The van der Waals surface area contributed by atoms with Gasteiger partial charge in [-0.15, -0.1) is 0 Å². The number of pyridine rings is 1. The number of carbonyl (C=O) groups is 1. The molecule has 0 aliphatic rings. The monoisotopic (exact) mass is 310 g/mol. The van der Waals surface area contributed by atoms with E-state index in [2.05, 4.69) is 22.3 Å². The first-order valence-electron chi connectivity index (χ1n) is 6.50. The third kappa shape index (κ3) is 4.49. The Labute approximate surface area is 132 Å². The van der Waals surface area contributed by atoms with Crippen LogP contribution in [0.3, 0.4) is 0 Å². The zero-order valence-electron chi connectivity index (χ0n) is 12.0. The van der Waals surface area contributed by atoms with Gasteiger partial charge in [0.25, 0.3) is 0 Å². The molecule has 0 saturated heterocycles. The molecule has 0 spiro atoms. The molecule has 7 nitrogen and oxygen atoms in total. The van der Waals surface area contributed by atoms with Crippen LogP contribution in [0.2, 0.25) is 0 Å². The number of carboxylic acid groups (broad SMARTS) is 1. The van der Waals surface area contributed by atoms with Crippen LogP contribution in [0.25, 0.3) is 0 Å². The van der Waals surface area contributed by atoms with Gasteiger partial charge in [0.15, 0.2) is 5.70 Å². The van der Waals surface area contributed by atoms with Gasteiger partial charge in [0.05, 0.1) is 0 Å². The molecule has 116 valence electrons. The van der Waals surface area contributed by atoms with Crippen LogP contribution in [-0.2, 0) is 4.79 Å². The third-order valence-electron chi connectivity index (χ3n) is 2.69. The first-order chi connectivity index (χ1) is 11.1. The summed E-state index contributed by atoms with van der Waals surface area (Å²) in [6.45, 7) is 0. The number of nitrogens with one attached hydrogen (secondary N) is 1. The van der Waals surface area contributed by atoms with Gasteiger partial charge in [0, 0.05) is 23.5 Å². The van der Waals surface area contributed by atoms with Crippen molar-refractivity contribution < 1.29 is 14.6 Å². The predicted octanol–water partition coefficient (Wildman–Crippen LogP) is 0.536. The van der Waals surface area contributed by atoms with Crippen molar-refractivity contribution in [1.29, 1.82) is 0 Å². The Bertz CT molecular complexity index is 792. The molecule has 0 bridgehead atoms. The van der Waals surface area contributed by atoms with E-state index in [1.54, 1.807) is 48.8 Å². The Morgan fingerprint density at radius 2 is 1.87 bits per heavy atom. The maximum Gasteiger partial charge on any atom is 0.357 e. The van der Waals surface area contributed by atoms with Crippen molar-refractivity contribution in [2.45, 2.75) is 0 Å². The lowest BCUT2D eigenvalue weighted by atomic mass is 10.2. The van der Waals surface area contributed by atoms with E-state index in [1.165, 1.54) is 0 Å². The molecule has 2 rings (SSSR count). The van der Waals surface area contributed by atoms with Gasteiger partial charge in [-0.25, -0.2) is 10.6 Å². The Kier molecular flexibility index (Phi) is 5.17. The quantitative estimate of drug-likeness (QED) is 0.213. The molecule has 0 amide bonds. The van der Waals surface area contributed by atoms with Gasteiger partial charge in [0.2, 0.25) is 5.88 Å². The summed E-state index contributed by atoms with van der Waals surface area (Å²) >= 11 is 0. The zero-order valence-corrected chi connectivity index (χ0v) is 12.0. The van der Waals surface area contributed by atoms with E-state index in [0.29, 0.717) is 11.3 Å². The summed E-state index contributed by atoms with van der Waals surface area (Å²) in [7, 11) is 0. The first-order valence-corrected chi connectivity index (χ1v) is 6.50. The summed E-state index contributed by atoms with van der Waals surface area (Å²) in [6.07, 6.45) is 3.31. The average Bonchev–Trinajstić information content (AvgIpc) is 2.58. The van der Waals surface area contributed by atoms with Crippen molar-refractivity contribution in [2.24, 2.45) is 11.6 Å². The van der Waals surface area contributed by atoms with Gasteiger partial charge in [-0.2, -0.15) is 0 Å². The van der Waals surface area contributed by atoms with Crippen LogP contribution in [0.5, 0.6) is 5.75 Å². The van der Waals surface area contributed by atoms with Gasteiger partial charge in [-0.05, 0) is 30.3 Å². The number of nitrogens with two attached hydrogens (primary N) is 2. The van der Waals surface area contributed by atoms with Crippen molar-refractivity contribution in [2.75, 3.05) is 0 Å². The normalized spacial score (nSPS) is 10.8. The maximum absolute atomic E-state index is 10.8. The topological polar surface area (TPSA) is 123 Å². The van der Waals surface area contributed by atoms with Crippen LogP contribution in [0.15, 0.2) is 60.4 Å². The van der Waals surface area contributed by atoms with Crippen LogP contribution in [-0.4, -0.2) is 16.1 Å². The lowest BCUT2D eigenvalue weighted by Gasteiger charge is -2.10. The number of ether oxygens (including phenoxy) is 1. The molecule has 1 aromatic heterocycles. The molecule has 0 aliphatic heterocycles. The highest BCUT2D eigenvalue weighted by atomic mass is 16.5. The number of hydrogen-bond acceptors (Lipinski definition) is 6. The first kappa shape index (κ1) is 15.9. The number of benzene rings is 1. The number of rotatable bonds is 4. The molecule has 0 radical (unpaired) electrons. The van der Waals surface area contributed by atoms with E-state index in [4.69, 9.17) is 21.4 Å². The van der Waals surface area contributed by atoms with Crippen molar-refractivity contribution in [3.05, 3.63) is 71.5 Å². The summed E-state index contributed by atoms with van der Waals surface area (Å²) in [6, 6.07) is 10.4. The van der Waals surface area contributed by atoms with Gasteiger partial charge in [0.1, 0.15) is 5.75 Å². The summed E-state index contributed by atoms with van der Waals surface area (Å²) < 4.78 is 5.34. The Morgan fingerprint density at radius 3 is 2.52 bits per heavy atom. The number of nitrogens with zero attached hydrogens (tertiary/aromatic N) is 1. The molecule has 7 heteroatoms. The average molecular weight is 310 g/mol. The second kappa shape index (κ2) is 7.49. The fourth-order valence-corrected chi connectivity index (χ4v) is 1.59. The summed E-state index contributed by atoms with van der Waals surface area (Å²) in [4.78, 5) is 14.7. The largest absolute Gasteiger partial charge is 0.476 e. The highest BCUT2D eigenvalue weighted by molar-refractivity contribution is 5.85. The molecule has 0 saturated carbocycles. The van der Waals surface area contributed by atoms with Gasteiger partial charge < -0.3 is 15.6 Å². The smallest absolute Gasteiger partial charge is 0.357 e. The van der Waals surface area contributed by atoms with Gasteiger partial charge in [-0.3, -0.25) is 10.4 Å². The van der Waals surface area contributed by atoms with Crippen LogP contribution in [0.4, 0.5) is 0 Å². The van der Waals surface area contributed by atoms with Crippen LogP contribution >= 0.6 is 0 Å². The minimum Gasteiger partial charge on any atom is -0.476 e. The standard InChI is InChI=1S/C16H14N4O3/c17-14(16(21)22)15(20-18)23-13-3-1-2-12(10-13)5-4-11-6-8-19-9-7-11/h1-3,6-10,20H,17-18H2,(H,21,22)/b15-14+. The van der Waals surface area contributed by atoms with Gasteiger partial charge in [-0.1, -0.05) is 17.9 Å². The van der Waals surface area contributed by atoms with E-state index < -0.39 is 11.7 Å². The van der Waals surface area contributed by atoms with Crippen molar-refractivity contribution >= 4 is 5.97 Å². The van der Waals surface area contributed by atoms with Crippen molar-refractivity contribution in [3.63, 3.8) is 0 Å². The highest BCUT2D eigenvalue weighted by Gasteiger charge is 2.12. The summed E-state index contributed by atoms with van der Waals surface area (Å²) in [5.41, 5.74) is 8.47. The summed E-state index contributed by atoms with van der Waals surface area (Å²) in [5.74, 6) is 9.93. The number of hydrazine groups is 1. The Morgan fingerprint density at radius 1 is 1.17 bits per heavy atom. The molecule has 1 heterocycles. The SMILES string of the molecule is NN/C(Oc1cccc(C#Cc2ccncc2)c1)=C(\N)C(=O)O. The van der Waals surface area contributed by atoms with E-state index >= 15 is 0 Å². The Balaban J connectivity index is 2.22. The van der Waals surface area contributed by atoms with E-state index in [0.717, 1.165) is 5.56 Å². The van der Waals surface area contributed by atoms with Crippen molar-refractivity contribution in [1.82, 2.24) is 10.4 Å².